The Morgan fingerprint density at radius 2 is 1.56 bits per heavy atom. The summed E-state index contributed by atoms with van der Waals surface area (Å²) in [5, 5.41) is 10.4. The van der Waals surface area contributed by atoms with E-state index >= 15 is 0 Å². The molecule has 25 heavy (non-hydrogen) atoms. The zero-order valence-corrected chi connectivity index (χ0v) is 16.5. The number of piperidine rings is 1. The zero-order chi connectivity index (χ0) is 17.4. The molecule has 1 aliphatic heterocycles. The summed E-state index contributed by atoms with van der Waals surface area (Å²) < 4.78 is 5.97. The van der Waals surface area contributed by atoms with Crippen LogP contribution < -0.4 is 0 Å². The van der Waals surface area contributed by atoms with Crippen molar-refractivity contribution in [3.8, 4) is 0 Å². The van der Waals surface area contributed by atoms with Crippen LogP contribution in [0.15, 0.2) is 0 Å². The molecule has 3 atom stereocenters. The minimum absolute atomic E-state index is 0.334. The number of aliphatic hydroxyl groups excluding tert-OH is 1. The van der Waals surface area contributed by atoms with Crippen molar-refractivity contribution in [3.05, 3.63) is 0 Å². The van der Waals surface area contributed by atoms with Crippen LogP contribution in [0.1, 0.15) is 78.1 Å². The van der Waals surface area contributed by atoms with Crippen LogP contribution in [0.2, 0.25) is 0 Å². The number of nitrogens with zero attached hydrogens (tertiary/aromatic N) is 1. The van der Waals surface area contributed by atoms with Crippen LogP contribution in [0.3, 0.4) is 0 Å². The second-order valence-electron chi connectivity index (χ2n) is 10.2. The highest BCUT2D eigenvalue weighted by Gasteiger charge is 2.50. The number of likely N-dealkylation sites (tertiary alicyclic amines) is 1. The average molecular weight is 350 g/mol. The lowest BCUT2D eigenvalue weighted by Crippen LogP contribution is -2.48. The van der Waals surface area contributed by atoms with Gasteiger partial charge in [-0.25, -0.2) is 0 Å². The van der Waals surface area contributed by atoms with Gasteiger partial charge in [-0.05, 0) is 94.8 Å². The largest absolute Gasteiger partial charge is 0.389 e. The number of β-amino-alcohol motifs (C(OH)–C–C–N with tert-alkyl or cyclic N) is 1. The lowest BCUT2D eigenvalue weighted by atomic mass is 9.49. The van der Waals surface area contributed by atoms with Gasteiger partial charge in [0.05, 0.1) is 12.7 Å². The molecule has 4 bridgehead atoms. The Balaban J connectivity index is 1.18. The summed E-state index contributed by atoms with van der Waals surface area (Å²) in [6, 6.07) is 1.20. The quantitative estimate of drug-likeness (QED) is 0.698. The van der Waals surface area contributed by atoms with Crippen molar-refractivity contribution in [3.63, 3.8) is 0 Å². The van der Waals surface area contributed by atoms with E-state index in [9.17, 15) is 5.11 Å². The Kier molecular flexibility index (Phi) is 5.46. The molecule has 0 aromatic carbocycles. The van der Waals surface area contributed by atoms with E-state index in [1.807, 2.05) is 0 Å². The monoisotopic (exact) mass is 349 g/mol. The van der Waals surface area contributed by atoms with Gasteiger partial charge in [-0.2, -0.15) is 0 Å². The lowest BCUT2D eigenvalue weighted by Gasteiger charge is -2.57. The van der Waals surface area contributed by atoms with Gasteiger partial charge >= 0.3 is 0 Å². The number of hydrogen-bond acceptors (Lipinski definition) is 3. The van der Waals surface area contributed by atoms with Gasteiger partial charge in [0, 0.05) is 25.2 Å². The first-order valence-electron chi connectivity index (χ1n) is 11.0. The fraction of sp³-hybridized carbons (Fsp3) is 1.00. The minimum Gasteiger partial charge on any atom is -0.389 e. The maximum Gasteiger partial charge on any atom is 0.0900 e. The molecule has 5 fully saturated rings. The van der Waals surface area contributed by atoms with Gasteiger partial charge in [0.1, 0.15) is 0 Å². The van der Waals surface area contributed by atoms with Crippen LogP contribution in [-0.2, 0) is 4.74 Å². The highest BCUT2D eigenvalue weighted by molar-refractivity contribution is 5.01. The maximum absolute atomic E-state index is 10.4. The molecule has 1 N–H and O–H groups in total. The summed E-state index contributed by atoms with van der Waals surface area (Å²) in [5.74, 6) is 3.08. The minimum atomic E-state index is -0.334. The molecule has 3 heteroatoms. The Bertz CT molecular complexity index is 406. The molecule has 3 nitrogen and oxygen atoms in total. The first-order chi connectivity index (χ1) is 12.0. The van der Waals surface area contributed by atoms with Gasteiger partial charge in [-0.1, -0.05) is 6.42 Å². The van der Waals surface area contributed by atoms with E-state index in [0.717, 1.165) is 30.9 Å². The van der Waals surface area contributed by atoms with Crippen molar-refractivity contribution in [2.24, 2.45) is 23.2 Å². The van der Waals surface area contributed by atoms with Gasteiger partial charge in [-0.3, -0.25) is 4.90 Å². The fourth-order valence-electron chi connectivity index (χ4n) is 7.23. The molecule has 1 saturated heterocycles. The molecule has 5 aliphatic rings. The van der Waals surface area contributed by atoms with Crippen molar-refractivity contribution in [2.45, 2.75) is 96.2 Å². The lowest BCUT2D eigenvalue weighted by molar-refractivity contribution is -0.0754. The molecule has 4 saturated carbocycles. The van der Waals surface area contributed by atoms with Crippen LogP contribution in [0, 0.1) is 23.2 Å². The van der Waals surface area contributed by atoms with Crippen LogP contribution in [0.4, 0.5) is 0 Å². The molecule has 0 unspecified atom stereocenters. The summed E-state index contributed by atoms with van der Waals surface area (Å²) in [5.41, 5.74) is 0.607. The van der Waals surface area contributed by atoms with Gasteiger partial charge < -0.3 is 9.84 Å². The average Bonchev–Trinajstić information content (AvgIpc) is 2.54. The normalized spacial score (nSPS) is 45.0. The first-order valence-corrected chi connectivity index (χ1v) is 11.0. The molecule has 0 amide bonds. The summed E-state index contributed by atoms with van der Waals surface area (Å²) >= 11 is 0. The van der Waals surface area contributed by atoms with Crippen LogP contribution in [-0.4, -0.2) is 48.0 Å². The Hall–Kier alpha value is -0.120. The molecular weight excluding hydrogens is 310 g/mol. The number of hydrogen-bond donors (Lipinski definition) is 1. The Labute approximate surface area is 154 Å². The predicted octanol–water partition coefficient (Wildman–Crippen LogP) is 4.23. The van der Waals surface area contributed by atoms with Crippen LogP contribution >= 0.6 is 0 Å². The molecule has 0 aromatic heterocycles. The molecule has 0 radical (unpaired) electrons. The second kappa shape index (κ2) is 7.48. The number of ether oxygens (including phenoxy) is 1. The van der Waals surface area contributed by atoms with Crippen molar-refractivity contribution in [2.75, 3.05) is 19.8 Å². The zero-order valence-electron chi connectivity index (χ0n) is 16.5. The molecular formula is C22H39NO2. The summed E-state index contributed by atoms with van der Waals surface area (Å²) in [4.78, 5) is 2.48. The van der Waals surface area contributed by atoms with E-state index in [2.05, 4.69) is 18.7 Å². The number of aliphatic hydroxyl groups is 1. The van der Waals surface area contributed by atoms with Crippen molar-refractivity contribution >= 4 is 0 Å². The third-order valence-electron chi connectivity index (χ3n) is 8.05. The van der Waals surface area contributed by atoms with E-state index in [1.165, 1.54) is 64.2 Å². The molecule has 1 heterocycles. The molecule has 4 aliphatic carbocycles. The van der Waals surface area contributed by atoms with E-state index in [4.69, 9.17) is 4.74 Å². The summed E-state index contributed by atoms with van der Waals surface area (Å²) in [6.45, 7) is 6.75. The molecule has 0 aromatic rings. The van der Waals surface area contributed by atoms with Crippen molar-refractivity contribution in [1.29, 1.82) is 0 Å². The summed E-state index contributed by atoms with van der Waals surface area (Å²) in [7, 11) is 0. The molecule has 144 valence electrons. The first kappa shape index (κ1) is 18.3. The number of rotatable bonds is 7. The van der Waals surface area contributed by atoms with E-state index in [-0.39, 0.29) is 6.10 Å². The Morgan fingerprint density at radius 3 is 2.12 bits per heavy atom. The fourth-order valence-corrected chi connectivity index (χ4v) is 7.23. The smallest absolute Gasteiger partial charge is 0.0900 e. The van der Waals surface area contributed by atoms with E-state index in [0.29, 0.717) is 24.1 Å². The van der Waals surface area contributed by atoms with Crippen molar-refractivity contribution in [1.82, 2.24) is 4.90 Å². The SMILES string of the molecule is C[C@H]1CCC[C@H](C)N1C[C@H](O)COCCC12CC3CC(CC(C3)C1)C2. The van der Waals surface area contributed by atoms with Crippen LogP contribution in [0.5, 0.6) is 0 Å². The van der Waals surface area contributed by atoms with E-state index in [1.54, 1.807) is 0 Å². The topological polar surface area (TPSA) is 32.7 Å². The van der Waals surface area contributed by atoms with Crippen molar-refractivity contribution < 1.29 is 9.84 Å². The van der Waals surface area contributed by atoms with Gasteiger partial charge in [0.15, 0.2) is 0 Å². The Morgan fingerprint density at radius 1 is 1.00 bits per heavy atom. The van der Waals surface area contributed by atoms with E-state index < -0.39 is 0 Å². The van der Waals surface area contributed by atoms with Gasteiger partial charge in [0.25, 0.3) is 0 Å². The molecule has 5 rings (SSSR count). The highest BCUT2D eigenvalue weighted by Crippen LogP contribution is 2.61. The maximum atomic E-state index is 10.4. The third kappa shape index (κ3) is 4.09. The van der Waals surface area contributed by atoms with Gasteiger partial charge in [-0.15, -0.1) is 0 Å². The second-order valence-corrected chi connectivity index (χ2v) is 10.2. The summed E-state index contributed by atoms with van der Waals surface area (Å²) in [6.07, 6.45) is 13.7. The predicted molar refractivity (Wildman–Crippen MR) is 102 cm³/mol. The third-order valence-corrected chi connectivity index (χ3v) is 8.05. The van der Waals surface area contributed by atoms with Gasteiger partial charge in [0.2, 0.25) is 0 Å². The van der Waals surface area contributed by atoms with Crippen LogP contribution in [0.25, 0.3) is 0 Å². The standard InChI is InChI=1S/C22H39NO2/c1-16-4-3-5-17(2)23(16)14-21(24)15-25-7-6-22-11-18-8-19(12-22)10-20(9-18)13-22/h16-21,24H,3-15H2,1-2H3/t16-,17-,18?,19?,20?,21-,22?/m0/s1. The molecule has 0 spiro atoms. The highest BCUT2D eigenvalue weighted by atomic mass is 16.5.